The van der Waals surface area contributed by atoms with Crippen LogP contribution in [0, 0.1) is 11.6 Å². The van der Waals surface area contributed by atoms with Crippen LogP contribution in [0.4, 0.5) is 8.78 Å². The summed E-state index contributed by atoms with van der Waals surface area (Å²) in [6.45, 7) is 0. The van der Waals surface area contributed by atoms with E-state index in [9.17, 15) is 27.1 Å². The molecule has 0 spiro atoms. The van der Waals surface area contributed by atoms with Crippen LogP contribution in [0.25, 0.3) is 11.1 Å². The van der Waals surface area contributed by atoms with Gasteiger partial charge < -0.3 is 9.84 Å². The van der Waals surface area contributed by atoms with Gasteiger partial charge >= 0.3 is 5.97 Å². The van der Waals surface area contributed by atoms with Gasteiger partial charge in [-0.05, 0) is 48.0 Å². The maximum Gasteiger partial charge on any atom is 0.335 e. The second-order valence-electron chi connectivity index (χ2n) is 5.99. The first-order valence-electron chi connectivity index (χ1n) is 7.96. The Morgan fingerprint density at radius 1 is 0.929 bits per heavy atom. The van der Waals surface area contributed by atoms with Crippen molar-refractivity contribution < 1.29 is 31.8 Å². The summed E-state index contributed by atoms with van der Waals surface area (Å²) in [6.07, 6.45) is 1.07. The molecule has 3 rings (SSSR count). The third-order valence-electron chi connectivity index (χ3n) is 3.93. The van der Waals surface area contributed by atoms with Crippen LogP contribution in [0.5, 0.6) is 11.5 Å². The molecule has 0 radical (unpaired) electrons. The molecule has 5 nitrogen and oxygen atoms in total. The van der Waals surface area contributed by atoms with Gasteiger partial charge in [-0.25, -0.2) is 22.0 Å². The van der Waals surface area contributed by atoms with Gasteiger partial charge in [0.15, 0.2) is 21.4 Å². The molecule has 0 fully saturated rings. The molecule has 0 aliphatic carbocycles. The first-order valence-corrected chi connectivity index (χ1v) is 9.85. The van der Waals surface area contributed by atoms with Crippen LogP contribution in [0.2, 0.25) is 0 Å². The molecule has 8 heteroatoms. The van der Waals surface area contributed by atoms with Crippen LogP contribution < -0.4 is 4.74 Å². The average molecular weight is 404 g/mol. The van der Waals surface area contributed by atoms with Gasteiger partial charge in [-0.15, -0.1) is 0 Å². The monoisotopic (exact) mass is 404 g/mol. The lowest BCUT2D eigenvalue weighted by Gasteiger charge is -2.13. The summed E-state index contributed by atoms with van der Waals surface area (Å²) in [6, 6.07) is 12.5. The summed E-state index contributed by atoms with van der Waals surface area (Å²) in [7, 11) is -3.40. The second-order valence-corrected chi connectivity index (χ2v) is 8.01. The van der Waals surface area contributed by atoms with E-state index in [0.717, 1.165) is 18.4 Å². The van der Waals surface area contributed by atoms with Crippen molar-refractivity contribution in [3.05, 3.63) is 77.9 Å². The zero-order valence-corrected chi connectivity index (χ0v) is 15.3. The predicted octanol–water partition coefficient (Wildman–Crippen LogP) is 4.53. The molecule has 3 aromatic rings. The molecule has 0 aliphatic heterocycles. The highest BCUT2D eigenvalue weighted by atomic mass is 32.2. The number of rotatable bonds is 5. The second kappa shape index (κ2) is 7.40. The molecule has 3 aromatic carbocycles. The molecule has 1 N–H and O–H groups in total. The molecule has 0 heterocycles. The molecule has 0 bridgehead atoms. The fraction of sp³-hybridized carbons (Fsp3) is 0.0500. The molecule has 0 aromatic heterocycles. The third kappa shape index (κ3) is 4.17. The summed E-state index contributed by atoms with van der Waals surface area (Å²) >= 11 is 0. The third-order valence-corrected chi connectivity index (χ3v) is 5.06. The number of carboxylic acids is 1. The standard InChI is InChI=1S/C20H14F2O5S/c1-28(25,26)15-6-2-12(3-7-15)16-10-13(20(23)24)4-8-18(16)27-19-9-5-14(21)11-17(19)22/h2-11H,1H3,(H,23,24). The lowest BCUT2D eigenvalue weighted by molar-refractivity contribution is 0.0697. The van der Waals surface area contributed by atoms with Crippen LogP contribution in [-0.4, -0.2) is 25.7 Å². The molecule has 0 atom stereocenters. The quantitative estimate of drug-likeness (QED) is 0.676. The van der Waals surface area contributed by atoms with E-state index in [-0.39, 0.29) is 22.0 Å². The van der Waals surface area contributed by atoms with E-state index in [1.54, 1.807) is 0 Å². The van der Waals surface area contributed by atoms with Gasteiger partial charge in [0.05, 0.1) is 10.5 Å². The smallest absolute Gasteiger partial charge is 0.335 e. The van der Waals surface area contributed by atoms with E-state index in [1.807, 2.05) is 0 Å². The molecule has 0 unspecified atom stereocenters. The highest BCUT2D eigenvalue weighted by Gasteiger charge is 2.15. The Bertz CT molecular complexity index is 1160. The number of ether oxygens (including phenoxy) is 1. The lowest BCUT2D eigenvalue weighted by atomic mass is 10.0. The Kier molecular flexibility index (Phi) is 5.15. The minimum absolute atomic E-state index is 0.0332. The van der Waals surface area contributed by atoms with Gasteiger partial charge in [0, 0.05) is 17.9 Å². The van der Waals surface area contributed by atoms with E-state index in [1.165, 1.54) is 42.5 Å². The van der Waals surface area contributed by atoms with Crippen LogP contribution in [0.3, 0.4) is 0 Å². The van der Waals surface area contributed by atoms with Gasteiger partial charge in [0.1, 0.15) is 11.6 Å². The van der Waals surface area contributed by atoms with Gasteiger partial charge in [-0.2, -0.15) is 0 Å². The highest BCUT2D eigenvalue weighted by Crippen LogP contribution is 2.35. The maximum absolute atomic E-state index is 13.9. The van der Waals surface area contributed by atoms with Gasteiger partial charge in [-0.3, -0.25) is 0 Å². The zero-order chi connectivity index (χ0) is 20.5. The van der Waals surface area contributed by atoms with E-state index >= 15 is 0 Å². The minimum atomic E-state index is -3.40. The minimum Gasteiger partial charge on any atom is -0.478 e. The van der Waals surface area contributed by atoms with Gasteiger partial charge in [-0.1, -0.05) is 12.1 Å². The number of aromatic carboxylic acids is 1. The van der Waals surface area contributed by atoms with Crippen LogP contribution in [-0.2, 0) is 9.84 Å². The van der Waals surface area contributed by atoms with E-state index in [4.69, 9.17) is 4.74 Å². The Morgan fingerprint density at radius 3 is 2.14 bits per heavy atom. The zero-order valence-electron chi connectivity index (χ0n) is 14.5. The average Bonchev–Trinajstić information content (AvgIpc) is 2.63. The van der Waals surface area contributed by atoms with E-state index in [0.29, 0.717) is 17.2 Å². The predicted molar refractivity (Wildman–Crippen MR) is 98.4 cm³/mol. The summed E-state index contributed by atoms with van der Waals surface area (Å²) < 4.78 is 55.8. The van der Waals surface area contributed by atoms with Crippen molar-refractivity contribution in [2.24, 2.45) is 0 Å². The van der Waals surface area contributed by atoms with Gasteiger partial charge in [0.25, 0.3) is 0 Å². The van der Waals surface area contributed by atoms with E-state index < -0.39 is 27.4 Å². The van der Waals surface area contributed by atoms with Gasteiger partial charge in [0.2, 0.25) is 0 Å². The first-order chi connectivity index (χ1) is 13.1. The molecular formula is C20H14F2O5S. The van der Waals surface area contributed by atoms with E-state index in [2.05, 4.69) is 0 Å². The normalized spacial score (nSPS) is 11.2. The molecule has 28 heavy (non-hydrogen) atoms. The summed E-state index contributed by atoms with van der Waals surface area (Å²) in [5.41, 5.74) is 0.741. The van der Waals surface area contributed by atoms with Crippen molar-refractivity contribution in [2.45, 2.75) is 4.90 Å². The Labute approximate surface area is 159 Å². The number of hydrogen-bond donors (Lipinski definition) is 1. The molecular weight excluding hydrogens is 390 g/mol. The number of halogens is 2. The topological polar surface area (TPSA) is 80.7 Å². The maximum atomic E-state index is 13.9. The van der Waals surface area contributed by atoms with Crippen LogP contribution in [0.15, 0.2) is 65.6 Å². The van der Waals surface area contributed by atoms with Crippen molar-refractivity contribution in [1.82, 2.24) is 0 Å². The number of carboxylic acid groups (broad SMARTS) is 1. The number of carbonyl (C=O) groups is 1. The molecule has 0 amide bonds. The van der Waals surface area contributed by atoms with Crippen LogP contribution in [0.1, 0.15) is 10.4 Å². The highest BCUT2D eigenvalue weighted by molar-refractivity contribution is 7.90. The van der Waals surface area contributed by atoms with Crippen LogP contribution >= 0.6 is 0 Å². The van der Waals surface area contributed by atoms with Crippen molar-refractivity contribution >= 4 is 15.8 Å². The number of sulfone groups is 1. The lowest BCUT2D eigenvalue weighted by Crippen LogP contribution is -1.99. The Morgan fingerprint density at radius 2 is 1.57 bits per heavy atom. The summed E-state index contributed by atoms with van der Waals surface area (Å²) in [4.78, 5) is 11.4. The number of hydrogen-bond acceptors (Lipinski definition) is 4. The van der Waals surface area contributed by atoms with Crippen molar-refractivity contribution in [3.8, 4) is 22.6 Å². The first kappa shape index (κ1) is 19.5. The van der Waals surface area contributed by atoms with Crippen molar-refractivity contribution in [1.29, 1.82) is 0 Å². The summed E-state index contributed by atoms with van der Waals surface area (Å²) in [5.74, 6) is -2.96. The largest absolute Gasteiger partial charge is 0.478 e. The molecule has 0 saturated heterocycles. The summed E-state index contributed by atoms with van der Waals surface area (Å²) in [5, 5.41) is 9.24. The molecule has 0 aliphatic rings. The fourth-order valence-electron chi connectivity index (χ4n) is 2.54. The van der Waals surface area contributed by atoms with Crippen molar-refractivity contribution in [2.75, 3.05) is 6.26 Å². The Hall–Kier alpha value is -3.26. The Balaban J connectivity index is 2.09. The SMILES string of the molecule is CS(=O)(=O)c1ccc(-c2cc(C(=O)O)ccc2Oc2ccc(F)cc2F)cc1. The number of benzene rings is 3. The molecule has 144 valence electrons. The molecule has 0 saturated carbocycles. The van der Waals surface area contributed by atoms with Crippen molar-refractivity contribution in [3.63, 3.8) is 0 Å². The fourth-order valence-corrected chi connectivity index (χ4v) is 3.17.